The third-order valence-electron chi connectivity index (χ3n) is 4.83. The maximum atomic E-state index is 12.6. The predicted octanol–water partition coefficient (Wildman–Crippen LogP) is 6.03. The normalized spacial score (nSPS) is 10.6. The van der Waals surface area contributed by atoms with Gasteiger partial charge in [0.1, 0.15) is 5.56 Å². The second-order valence-electron chi connectivity index (χ2n) is 7.00. The van der Waals surface area contributed by atoms with Crippen molar-refractivity contribution in [1.82, 2.24) is 4.98 Å². The fourth-order valence-corrected chi connectivity index (χ4v) is 3.80. The number of halogens is 1. The average Bonchev–Trinajstić information content (AvgIpc) is 2.76. The highest BCUT2D eigenvalue weighted by Crippen LogP contribution is 2.25. The second kappa shape index (κ2) is 8.51. The van der Waals surface area contributed by atoms with Crippen LogP contribution in [0.1, 0.15) is 15.9 Å². The summed E-state index contributed by atoms with van der Waals surface area (Å²) in [6, 6.07) is 26.9. The van der Waals surface area contributed by atoms with Gasteiger partial charge in [-0.05, 0) is 69.4 Å². The molecule has 0 spiro atoms. The minimum atomic E-state index is -0.452. The van der Waals surface area contributed by atoms with Gasteiger partial charge in [0.15, 0.2) is 0 Å². The van der Waals surface area contributed by atoms with Crippen molar-refractivity contribution >= 4 is 27.5 Å². The minimum Gasteiger partial charge on any atom is -0.321 e. The quantitative estimate of drug-likeness (QED) is 0.391. The van der Waals surface area contributed by atoms with Crippen molar-refractivity contribution in [3.63, 3.8) is 0 Å². The first-order valence-electron chi connectivity index (χ1n) is 9.48. The lowest BCUT2D eigenvalue weighted by atomic mass is 10.0. The lowest BCUT2D eigenvalue weighted by Crippen LogP contribution is -2.23. The molecule has 0 aliphatic carbocycles. The molecule has 0 fully saturated rings. The number of aryl methyl sites for hydroxylation is 1. The number of nitrogens with one attached hydrogen (secondary N) is 2. The molecule has 0 aliphatic rings. The number of rotatable bonds is 4. The summed E-state index contributed by atoms with van der Waals surface area (Å²) in [6.45, 7) is 1.96. The van der Waals surface area contributed by atoms with Crippen molar-refractivity contribution in [2.24, 2.45) is 0 Å². The van der Waals surface area contributed by atoms with Crippen molar-refractivity contribution < 1.29 is 4.79 Å². The SMILES string of the molecule is Cc1ccc(NC(=O)c2ccc(-c3ccc(-c4ccccc4)cc3)[nH]c2=O)c(Br)c1. The molecular weight excluding hydrogens is 440 g/mol. The predicted molar refractivity (Wildman–Crippen MR) is 125 cm³/mol. The summed E-state index contributed by atoms with van der Waals surface area (Å²) in [6.07, 6.45) is 0. The second-order valence-corrected chi connectivity index (χ2v) is 7.85. The number of hydrogen-bond acceptors (Lipinski definition) is 2. The molecule has 0 saturated heterocycles. The highest BCUT2D eigenvalue weighted by Gasteiger charge is 2.13. The summed E-state index contributed by atoms with van der Waals surface area (Å²) in [5, 5.41) is 2.77. The van der Waals surface area contributed by atoms with E-state index in [1.165, 1.54) is 0 Å². The summed E-state index contributed by atoms with van der Waals surface area (Å²) < 4.78 is 0.766. The van der Waals surface area contributed by atoms with Crippen LogP contribution in [-0.4, -0.2) is 10.9 Å². The molecule has 0 atom stereocenters. The fourth-order valence-electron chi connectivity index (χ4n) is 3.20. The first-order chi connectivity index (χ1) is 14.5. The number of H-pyrrole nitrogens is 1. The molecule has 0 unspecified atom stereocenters. The van der Waals surface area contributed by atoms with Gasteiger partial charge in [0.2, 0.25) is 0 Å². The summed E-state index contributed by atoms with van der Waals surface area (Å²) in [5.41, 5.74) is 5.08. The molecule has 1 aromatic heterocycles. The van der Waals surface area contributed by atoms with Gasteiger partial charge in [0.05, 0.1) is 5.69 Å². The fraction of sp³-hybridized carbons (Fsp3) is 0.0400. The molecule has 2 N–H and O–H groups in total. The zero-order valence-corrected chi connectivity index (χ0v) is 17.9. The first kappa shape index (κ1) is 19.9. The van der Waals surface area contributed by atoms with E-state index < -0.39 is 11.5 Å². The van der Waals surface area contributed by atoms with Crippen LogP contribution in [0.15, 0.2) is 94.2 Å². The zero-order chi connectivity index (χ0) is 21.1. The van der Waals surface area contributed by atoms with Crippen LogP contribution in [0.3, 0.4) is 0 Å². The first-order valence-corrected chi connectivity index (χ1v) is 10.3. The van der Waals surface area contributed by atoms with Gasteiger partial charge < -0.3 is 10.3 Å². The van der Waals surface area contributed by atoms with Crippen molar-refractivity contribution in [2.45, 2.75) is 6.92 Å². The van der Waals surface area contributed by atoms with Crippen molar-refractivity contribution in [1.29, 1.82) is 0 Å². The Morgan fingerprint density at radius 1 is 0.833 bits per heavy atom. The highest BCUT2D eigenvalue weighted by molar-refractivity contribution is 9.10. The summed E-state index contributed by atoms with van der Waals surface area (Å²) in [5.74, 6) is -0.452. The maximum absolute atomic E-state index is 12.6. The molecule has 0 aliphatic heterocycles. The maximum Gasteiger partial charge on any atom is 0.261 e. The van der Waals surface area contributed by atoms with E-state index in [0.29, 0.717) is 11.4 Å². The number of carbonyl (C=O) groups excluding carboxylic acids is 1. The molecule has 3 aromatic carbocycles. The van der Waals surface area contributed by atoms with E-state index in [2.05, 4.69) is 38.4 Å². The van der Waals surface area contributed by atoms with E-state index in [0.717, 1.165) is 26.7 Å². The molecule has 0 bridgehead atoms. The number of aromatic nitrogens is 1. The molecule has 30 heavy (non-hydrogen) atoms. The Bertz CT molecular complexity index is 1260. The van der Waals surface area contributed by atoms with Gasteiger partial charge in [-0.15, -0.1) is 0 Å². The Morgan fingerprint density at radius 3 is 2.17 bits per heavy atom. The molecule has 0 saturated carbocycles. The van der Waals surface area contributed by atoms with Crippen LogP contribution in [0.4, 0.5) is 5.69 Å². The molecule has 4 rings (SSSR count). The third-order valence-corrected chi connectivity index (χ3v) is 5.49. The van der Waals surface area contributed by atoms with Crippen molar-refractivity contribution in [3.8, 4) is 22.4 Å². The number of anilines is 1. The smallest absolute Gasteiger partial charge is 0.261 e. The molecule has 0 radical (unpaired) electrons. The Hall–Kier alpha value is -3.44. The Kier molecular flexibility index (Phi) is 5.63. The molecule has 5 heteroatoms. The number of amides is 1. The van der Waals surface area contributed by atoms with Gasteiger partial charge in [-0.3, -0.25) is 9.59 Å². The van der Waals surface area contributed by atoms with Crippen LogP contribution in [0, 0.1) is 6.92 Å². The molecular formula is C25H19BrN2O2. The lowest BCUT2D eigenvalue weighted by molar-refractivity contribution is 0.102. The number of carbonyl (C=O) groups is 1. The molecule has 148 valence electrons. The number of aromatic amines is 1. The van der Waals surface area contributed by atoms with E-state index >= 15 is 0 Å². The molecule has 4 aromatic rings. The van der Waals surface area contributed by atoms with Crippen LogP contribution in [0.25, 0.3) is 22.4 Å². The third kappa shape index (κ3) is 4.26. The van der Waals surface area contributed by atoms with Crippen LogP contribution >= 0.6 is 15.9 Å². The van der Waals surface area contributed by atoms with E-state index in [9.17, 15) is 9.59 Å². The standard InChI is InChI=1S/C25H19BrN2O2/c1-16-7-13-23(21(26)15-16)28-25(30)20-12-14-22(27-24(20)29)19-10-8-18(9-11-19)17-5-3-2-4-6-17/h2-15H,1H3,(H,27,29)(H,28,30). The summed E-state index contributed by atoms with van der Waals surface area (Å²) in [4.78, 5) is 27.9. The number of hydrogen-bond donors (Lipinski definition) is 2. The topological polar surface area (TPSA) is 62.0 Å². The Labute approximate surface area is 182 Å². The van der Waals surface area contributed by atoms with Gasteiger partial charge in [-0.25, -0.2) is 0 Å². The molecule has 1 heterocycles. The number of benzene rings is 3. The van der Waals surface area contributed by atoms with E-state index in [4.69, 9.17) is 0 Å². The largest absolute Gasteiger partial charge is 0.321 e. The van der Waals surface area contributed by atoms with Crippen LogP contribution in [0.5, 0.6) is 0 Å². The van der Waals surface area contributed by atoms with Gasteiger partial charge in [0.25, 0.3) is 11.5 Å². The Balaban J connectivity index is 1.55. The van der Waals surface area contributed by atoms with E-state index in [1.807, 2.05) is 61.5 Å². The minimum absolute atomic E-state index is 0.0622. The summed E-state index contributed by atoms with van der Waals surface area (Å²) in [7, 11) is 0. The summed E-state index contributed by atoms with van der Waals surface area (Å²) >= 11 is 3.43. The van der Waals surface area contributed by atoms with E-state index in [-0.39, 0.29) is 5.56 Å². The molecule has 1 amide bonds. The van der Waals surface area contributed by atoms with Gasteiger partial charge in [-0.2, -0.15) is 0 Å². The van der Waals surface area contributed by atoms with Gasteiger partial charge >= 0.3 is 0 Å². The number of pyridine rings is 1. The van der Waals surface area contributed by atoms with Crippen molar-refractivity contribution in [3.05, 3.63) is 111 Å². The zero-order valence-electron chi connectivity index (χ0n) is 16.3. The molecule has 4 nitrogen and oxygen atoms in total. The van der Waals surface area contributed by atoms with E-state index in [1.54, 1.807) is 18.2 Å². The van der Waals surface area contributed by atoms with Gasteiger partial charge in [-0.1, -0.05) is 60.7 Å². The van der Waals surface area contributed by atoms with Crippen LogP contribution in [-0.2, 0) is 0 Å². The lowest BCUT2D eigenvalue weighted by Gasteiger charge is -2.09. The Morgan fingerprint density at radius 2 is 1.50 bits per heavy atom. The van der Waals surface area contributed by atoms with Crippen LogP contribution in [0.2, 0.25) is 0 Å². The van der Waals surface area contributed by atoms with Crippen molar-refractivity contribution in [2.75, 3.05) is 5.32 Å². The monoisotopic (exact) mass is 458 g/mol. The highest BCUT2D eigenvalue weighted by atomic mass is 79.9. The van der Waals surface area contributed by atoms with Gasteiger partial charge in [0, 0.05) is 10.2 Å². The van der Waals surface area contributed by atoms with Crippen LogP contribution < -0.4 is 10.9 Å². The average molecular weight is 459 g/mol.